The third kappa shape index (κ3) is 5.14. The lowest BCUT2D eigenvalue weighted by molar-refractivity contribution is -0.122. The molecule has 0 spiro atoms. The van der Waals surface area contributed by atoms with Crippen LogP contribution in [0.2, 0.25) is 0 Å². The van der Waals surface area contributed by atoms with Gasteiger partial charge < -0.3 is 15.7 Å². The van der Waals surface area contributed by atoms with Gasteiger partial charge >= 0.3 is 0 Å². The molecular formula is C11H22N2O2. The molecule has 0 aliphatic carbocycles. The number of piperidine rings is 1. The molecule has 1 fully saturated rings. The van der Waals surface area contributed by atoms with E-state index in [1.54, 1.807) is 0 Å². The molecule has 0 aromatic rings. The van der Waals surface area contributed by atoms with Crippen LogP contribution < -0.4 is 10.6 Å². The summed E-state index contributed by atoms with van der Waals surface area (Å²) in [5, 5.41) is 15.3. The van der Waals surface area contributed by atoms with Gasteiger partial charge in [0.05, 0.1) is 6.10 Å². The van der Waals surface area contributed by atoms with Crippen molar-refractivity contribution in [3.8, 4) is 0 Å². The minimum absolute atomic E-state index is 0.0781. The van der Waals surface area contributed by atoms with Gasteiger partial charge in [0, 0.05) is 13.0 Å². The first-order valence-corrected chi connectivity index (χ1v) is 5.87. The van der Waals surface area contributed by atoms with E-state index in [9.17, 15) is 9.90 Å². The summed E-state index contributed by atoms with van der Waals surface area (Å²) in [6.45, 7) is 4.34. The van der Waals surface area contributed by atoms with Crippen LogP contribution in [-0.4, -0.2) is 36.8 Å². The molecule has 4 heteroatoms. The Morgan fingerprint density at radius 2 is 2.20 bits per heavy atom. The predicted octanol–water partition coefficient (Wildman–Crippen LogP) is 0.263. The molecule has 1 heterocycles. The molecule has 15 heavy (non-hydrogen) atoms. The van der Waals surface area contributed by atoms with Gasteiger partial charge in [-0.2, -0.15) is 0 Å². The number of hydrogen-bond donors (Lipinski definition) is 3. The van der Waals surface area contributed by atoms with Crippen LogP contribution in [0.4, 0.5) is 0 Å². The number of rotatable bonds is 5. The van der Waals surface area contributed by atoms with E-state index >= 15 is 0 Å². The number of carbonyl (C=O) groups is 1. The Kier molecular flexibility index (Phi) is 5.65. The monoisotopic (exact) mass is 214 g/mol. The second-order valence-electron chi connectivity index (χ2n) is 4.26. The van der Waals surface area contributed by atoms with Crippen LogP contribution in [0.5, 0.6) is 0 Å². The smallest absolute Gasteiger partial charge is 0.220 e. The Labute approximate surface area is 91.4 Å². The average Bonchev–Trinajstić information content (AvgIpc) is 2.27. The highest BCUT2D eigenvalue weighted by Gasteiger charge is 2.16. The molecule has 4 nitrogen and oxygen atoms in total. The zero-order valence-corrected chi connectivity index (χ0v) is 9.46. The second-order valence-corrected chi connectivity index (χ2v) is 4.26. The molecule has 88 valence electrons. The molecular weight excluding hydrogens is 192 g/mol. The molecule has 0 aromatic carbocycles. The predicted molar refractivity (Wildman–Crippen MR) is 59.5 cm³/mol. The van der Waals surface area contributed by atoms with Crippen LogP contribution in [0.3, 0.4) is 0 Å². The standard InChI is InChI=1S/C11H22N2O2/c1-2-10(14)8-13-11(15)7-9-3-5-12-6-4-9/h9-10,12,14H,2-8H2,1H3,(H,13,15). The number of aliphatic hydroxyl groups is 1. The lowest BCUT2D eigenvalue weighted by Crippen LogP contribution is -2.35. The van der Waals surface area contributed by atoms with Crippen LogP contribution in [0.15, 0.2) is 0 Å². The first-order valence-electron chi connectivity index (χ1n) is 5.87. The molecule has 1 aliphatic rings. The third-order valence-electron chi connectivity index (χ3n) is 2.94. The first kappa shape index (κ1) is 12.5. The number of aliphatic hydroxyl groups excluding tert-OH is 1. The van der Waals surface area contributed by atoms with E-state index in [0.717, 1.165) is 25.9 Å². The molecule has 1 saturated heterocycles. The molecule has 1 unspecified atom stereocenters. The zero-order valence-electron chi connectivity index (χ0n) is 9.46. The van der Waals surface area contributed by atoms with E-state index in [2.05, 4.69) is 10.6 Å². The van der Waals surface area contributed by atoms with Crippen LogP contribution in [-0.2, 0) is 4.79 Å². The Morgan fingerprint density at radius 1 is 1.53 bits per heavy atom. The summed E-state index contributed by atoms with van der Waals surface area (Å²) in [5.74, 6) is 0.597. The molecule has 1 amide bonds. The Morgan fingerprint density at radius 3 is 2.80 bits per heavy atom. The fourth-order valence-corrected chi connectivity index (χ4v) is 1.80. The number of nitrogens with one attached hydrogen (secondary N) is 2. The SMILES string of the molecule is CCC(O)CNC(=O)CC1CCNCC1. The van der Waals surface area contributed by atoms with Crippen molar-refractivity contribution < 1.29 is 9.90 Å². The van der Waals surface area contributed by atoms with Crippen molar-refractivity contribution in [2.75, 3.05) is 19.6 Å². The van der Waals surface area contributed by atoms with Crippen molar-refractivity contribution >= 4 is 5.91 Å². The third-order valence-corrected chi connectivity index (χ3v) is 2.94. The Hall–Kier alpha value is -0.610. The average molecular weight is 214 g/mol. The second kappa shape index (κ2) is 6.80. The molecule has 0 bridgehead atoms. The van der Waals surface area contributed by atoms with Crippen molar-refractivity contribution in [2.45, 2.75) is 38.7 Å². The van der Waals surface area contributed by atoms with Gasteiger partial charge in [0.25, 0.3) is 0 Å². The fraction of sp³-hybridized carbons (Fsp3) is 0.909. The van der Waals surface area contributed by atoms with Crippen molar-refractivity contribution in [3.05, 3.63) is 0 Å². The lowest BCUT2D eigenvalue weighted by atomic mass is 9.94. The topological polar surface area (TPSA) is 61.4 Å². The summed E-state index contributed by atoms with van der Waals surface area (Å²) in [5.41, 5.74) is 0. The molecule has 0 saturated carbocycles. The fourth-order valence-electron chi connectivity index (χ4n) is 1.80. The van der Waals surface area contributed by atoms with Crippen LogP contribution in [0.25, 0.3) is 0 Å². The lowest BCUT2D eigenvalue weighted by Gasteiger charge is -2.22. The summed E-state index contributed by atoms with van der Waals surface area (Å²) in [7, 11) is 0. The van der Waals surface area contributed by atoms with Gasteiger partial charge in [-0.25, -0.2) is 0 Å². The van der Waals surface area contributed by atoms with Crippen molar-refractivity contribution in [3.63, 3.8) is 0 Å². The molecule has 1 aliphatic heterocycles. The summed E-state index contributed by atoms with van der Waals surface area (Å²) in [6.07, 6.45) is 3.07. The Bertz CT molecular complexity index is 191. The van der Waals surface area contributed by atoms with Gasteiger partial charge in [0.2, 0.25) is 5.91 Å². The normalized spacial score (nSPS) is 19.9. The molecule has 0 radical (unpaired) electrons. The van der Waals surface area contributed by atoms with Gasteiger partial charge in [0.15, 0.2) is 0 Å². The van der Waals surface area contributed by atoms with Gasteiger partial charge in [-0.1, -0.05) is 6.92 Å². The minimum Gasteiger partial charge on any atom is -0.391 e. The van der Waals surface area contributed by atoms with Crippen LogP contribution in [0.1, 0.15) is 32.6 Å². The Balaban J connectivity index is 2.11. The van der Waals surface area contributed by atoms with E-state index in [0.29, 0.717) is 25.3 Å². The van der Waals surface area contributed by atoms with Crippen LogP contribution >= 0.6 is 0 Å². The summed E-state index contributed by atoms with van der Waals surface area (Å²) in [4.78, 5) is 11.5. The largest absolute Gasteiger partial charge is 0.391 e. The number of hydrogen-bond acceptors (Lipinski definition) is 3. The summed E-state index contributed by atoms with van der Waals surface area (Å²) >= 11 is 0. The van der Waals surface area contributed by atoms with Crippen molar-refractivity contribution in [1.29, 1.82) is 0 Å². The van der Waals surface area contributed by atoms with E-state index < -0.39 is 6.10 Å². The van der Waals surface area contributed by atoms with Gasteiger partial charge in [-0.3, -0.25) is 4.79 Å². The van der Waals surface area contributed by atoms with Gasteiger partial charge in [-0.05, 0) is 38.3 Å². The van der Waals surface area contributed by atoms with Crippen molar-refractivity contribution in [2.24, 2.45) is 5.92 Å². The van der Waals surface area contributed by atoms with E-state index in [4.69, 9.17) is 0 Å². The van der Waals surface area contributed by atoms with E-state index in [-0.39, 0.29) is 5.91 Å². The number of amides is 1. The van der Waals surface area contributed by atoms with Gasteiger partial charge in [0.1, 0.15) is 0 Å². The van der Waals surface area contributed by atoms with E-state index in [1.807, 2.05) is 6.92 Å². The quantitative estimate of drug-likeness (QED) is 0.615. The zero-order chi connectivity index (χ0) is 11.1. The molecule has 3 N–H and O–H groups in total. The van der Waals surface area contributed by atoms with Crippen LogP contribution in [0, 0.1) is 5.92 Å². The maximum atomic E-state index is 11.5. The maximum Gasteiger partial charge on any atom is 0.220 e. The van der Waals surface area contributed by atoms with Gasteiger partial charge in [-0.15, -0.1) is 0 Å². The maximum absolute atomic E-state index is 11.5. The molecule has 0 aromatic heterocycles. The molecule has 1 rings (SSSR count). The van der Waals surface area contributed by atoms with Crippen molar-refractivity contribution in [1.82, 2.24) is 10.6 Å². The van der Waals surface area contributed by atoms with E-state index in [1.165, 1.54) is 0 Å². The highest BCUT2D eigenvalue weighted by atomic mass is 16.3. The summed E-state index contributed by atoms with van der Waals surface area (Å²) < 4.78 is 0. The number of carbonyl (C=O) groups excluding carboxylic acids is 1. The highest BCUT2D eigenvalue weighted by molar-refractivity contribution is 5.76. The summed E-state index contributed by atoms with van der Waals surface area (Å²) in [6, 6.07) is 0. The first-order chi connectivity index (χ1) is 7.22. The molecule has 1 atom stereocenters. The minimum atomic E-state index is -0.401. The highest BCUT2D eigenvalue weighted by Crippen LogP contribution is 2.15.